The summed E-state index contributed by atoms with van der Waals surface area (Å²) in [5.74, 6) is 0.0250. The van der Waals surface area contributed by atoms with E-state index in [0.717, 1.165) is 11.1 Å². The SMILES string of the molecule is CC(=O)N(C)CC[C@H](O)c1ccccc1C. The predicted octanol–water partition coefficient (Wildman–Crippen LogP) is 1.90. The lowest BCUT2D eigenvalue weighted by Crippen LogP contribution is -2.26. The van der Waals surface area contributed by atoms with Gasteiger partial charge in [0.25, 0.3) is 0 Å². The maximum Gasteiger partial charge on any atom is 0.219 e. The standard InChI is InChI=1S/C13H19NO2/c1-10-6-4-5-7-12(10)13(16)8-9-14(3)11(2)15/h4-7,13,16H,8-9H2,1-3H3/t13-/m0/s1. The molecule has 0 aliphatic rings. The van der Waals surface area contributed by atoms with E-state index >= 15 is 0 Å². The van der Waals surface area contributed by atoms with Crippen molar-refractivity contribution < 1.29 is 9.90 Å². The van der Waals surface area contributed by atoms with Crippen LogP contribution in [0.25, 0.3) is 0 Å². The Morgan fingerprint density at radius 3 is 2.62 bits per heavy atom. The second kappa shape index (κ2) is 5.66. The summed E-state index contributed by atoms with van der Waals surface area (Å²) in [6, 6.07) is 7.77. The van der Waals surface area contributed by atoms with E-state index in [-0.39, 0.29) is 5.91 Å². The van der Waals surface area contributed by atoms with Gasteiger partial charge in [0.1, 0.15) is 0 Å². The van der Waals surface area contributed by atoms with Gasteiger partial charge in [0.05, 0.1) is 6.10 Å². The molecular formula is C13H19NO2. The maximum atomic E-state index is 11.0. The van der Waals surface area contributed by atoms with Gasteiger partial charge in [-0.1, -0.05) is 24.3 Å². The minimum Gasteiger partial charge on any atom is -0.388 e. The molecule has 1 N–H and O–H groups in total. The summed E-state index contributed by atoms with van der Waals surface area (Å²) in [6.07, 6.45) is 0.0731. The summed E-state index contributed by atoms with van der Waals surface area (Å²) in [4.78, 5) is 12.6. The van der Waals surface area contributed by atoms with Gasteiger partial charge in [0.15, 0.2) is 0 Å². The van der Waals surface area contributed by atoms with E-state index in [0.29, 0.717) is 13.0 Å². The van der Waals surface area contributed by atoms with E-state index in [2.05, 4.69) is 0 Å². The molecule has 0 unspecified atom stereocenters. The number of nitrogens with zero attached hydrogens (tertiary/aromatic N) is 1. The summed E-state index contributed by atoms with van der Waals surface area (Å²) in [6.45, 7) is 4.08. The number of rotatable bonds is 4. The van der Waals surface area contributed by atoms with Crippen LogP contribution in [-0.4, -0.2) is 29.5 Å². The van der Waals surface area contributed by atoms with E-state index in [1.165, 1.54) is 6.92 Å². The highest BCUT2D eigenvalue weighted by Gasteiger charge is 2.11. The smallest absolute Gasteiger partial charge is 0.219 e. The molecule has 0 saturated heterocycles. The van der Waals surface area contributed by atoms with Crippen LogP contribution in [0.4, 0.5) is 0 Å². The molecule has 0 fully saturated rings. The molecular weight excluding hydrogens is 202 g/mol. The molecule has 1 atom stereocenters. The van der Waals surface area contributed by atoms with Crippen LogP contribution in [-0.2, 0) is 4.79 Å². The highest BCUT2D eigenvalue weighted by atomic mass is 16.3. The van der Waals surface area contributed by atoms with E-state index in [1.54, 1.807) is 11.9 Å². The summed E-state index contributed by atoms with van der Waals surface area (Å²) >= 11 is 0. The Kier molecular flexibility index (Phi) is 4.50. The van der Waals surface area contributed by atoms with Gasteiger partial charge in [-0.2, -0.15) is 0 Å². The first kappa shape index (κ1) is 12.7. The third-order valence-corrected chi connectivity index (χ3v) is 2.82. The van der Waals surface area contributed by atoms with Crippen molar-refractivity contribution in [2.75, 3.05) is 13.6 Å². The van der Waals surface area contributed by atoms with Crippen molar-refractivity contribution in [1.82, 2.24) is 4.90 Å². The number of hydrogen-bond donors (Lipinski definition) is 1. The van der Waals surface area contributed by atoms with Crippen molar-refractivity contribution in [3.05, 3.63) is 35.4 Å². The van der Waals surface area contributed by atoms with Gasteiger partial charge in [-0.15, -0.1) is 0 Å². The van der Waals surface area contributed by atoms with Gasteiger partial charge in [-0.25, -0.2) is 0 Å². The Morgan fingerprint density at radius 1 is 1.44 bits per heavy atom. The number of benzene rings is 1. The molecule has 3 heteroatoms. The zero-order chi connectivity index (χ0) is 12.1. The number of aryl methyl sites for hydroxylation is 1. The van der Waals surface area contributed by atoms with Crippen molar-refractivity contribution >= 4 is 5.91 Å². The van der Waals surface area contributed by atoms with E-state index < -0.39 is 6.10 Å². The van der Waals surface area contributed by atoms with Gasteiger partial charge >= 0.3 is 0 Å². The van der Waals surface area contributed by atoms with Crippen molar-refractivity contribution in [1.29, 1.82) is 0 Å². The van der Waals surface area contributed by atoms with Crippen LogP contribution < -0.4 is 0 Å². The average molecular weight is 221 g/mol. The fourth-order valence-corrected chi connectivity index (χ4v) is 1.59. The predicted molar refractivity (Wildman–Crippen MR) is 64.1 cm³/mol. The molecule has 1 aromatic carbocycles. The lowest BCUT2D eigenvalue weighted by Gasteiger charge is -2.18. The first-order valence-electron chi connectivity index (χ1n) is 5.47. The molecule has 0 bridgehead atoms. The first-order chi connectivity index (χ1) is 7.52. The Hall–Kier alpha value is -1.35. The molecule has 0 spiro atoms. The van der Waals surface area contributed by atoms with Crippen LogP contribution in [0.1, 0.15) is 30.6 Å². The summed E-state index contributed by atoms with van der Waals surface area (Å²) in [5.41, 5.74) is 2.03. The van der Waals surface area contributed by atoms with Crippen LogP contribution in [0.2, 0.25) is 0 Å². The number of hydrogen-bond acceptors (Lipinski definition) is 2. The highest BCUT2D eigenvalue weighted by molar-refractivity contribution is 5.72. The van der Waals surface area contributed by atoms with E-state index in [9.17, 15) is 9.90 Å². The third kappa shape index (κ3) is 3.35. The van der Waals surface area contributed by atoms with Crippen molar-refractivity contribution in [3.63, 3.8) is 0 Å². The zero-order valence-corrected chi connectivity index (χ0v) is 10.1. The molecule has 1 aromatic rings. The number of carbonyl (C=O) groups excluding carboxylic acids is 1. The average Bonchev–Trinajstić information content (AvgIpc) is 2.25. The van der Waals surface area contributed by atoms with Crippen molar-refractivity contribution in [3.8, 4) is 0 Å². The van der Waals surface area contributed by atoms with E-state index in [1.807, 2.05) is 31.2 Å². The van der Waals surface area contributed by atoms with Crippen LogP contribution in [0, 0.1) is 6.92 Å². The molecule has 0 aliphatic heterocycles. The lowest BCUT2D eigenvalue weighted by atomic mass is 10.0. The molecule has 1 amide bonds. The van der Waals surface area contributed by atoms with Gasteiger partial charge in [0, 0.05) is 20.5 Å². The van der Waals surface area contributed by atoms with E-state index in [4.69, 9.17) is 0 Å². The summed E-state index contributed by atoms with van der Waals surface area (Å²) in [7, 11) is 1.74. The molecule has 0 aromatic heterocycles. The summed E-state index contributed by atoms with van der Waals surface area (Å²) in [5, 5.41) is 9.99. The minimum absolute atomic E-state index is 0.0250. The number of carbonyl (C=O) groups is 1. The monoisotopic (exact) mass is 221 g/mol. The van der Waals surface area contributed by atoms with Crippen molar-refractivity contribution in [2.45, 2.75) is 26.4 Å². The Morgan fingerprint density at radius 2 is 2.06 bits per heavy atom. The Bertz CT molecular complexity index is 363. The number of amides is 1. The molecule has 1 rings (SSSR count). The van der Waals surface area contributed by atoms with Gasteiger partial charge in [-0.3, -0.25) is 4.79 Å². The Labute approximate surface area is 96.7 Å². The molecule has 0 saturated carbocycles. The second-order valence-electron chi connectivity index (χ2n) is 4.10. The minimum atomic E-state index is -0.497. The molecule has 0 radical (unpaired) electrons. The highest BCUT2D eigenvalue weighted by Crippen LogP contribution is 2.20. The topological polar surface area (TPSA) is 40.5 Å². The van der Waals surface area contributed by atoms with Gasteiger partial charge < -0.3 is 10.0 Å². The van der Waals surface area contributed by atoms with Crippen LogP contribution in [0.5, 0.6) is 0 Å². The van der Waals surface area contributed by atoms with Crippen LogP contribution in [0.15, 0.2) is 24.3 Å². The second-order valence-corrected chi connectivity index (χ2v) is 4.10. The quantitative estimate of drug-likeness (QED) is 0.843. The fourth-order valence-electron chi connectivity index (χ4n) is 1.59. The maximum absolute atomic E-state index is 11.0. The molecule has 3 nitrogen and oxygen atoms in total. The fraction of sp³-hybridized carbons (Fsp3) is 0.462. The third-order valence-electron chi connectivity index (χ3n) is 2.82. The molecule has 0 heterocycles. The number of aliphatic hydroxyl groups excluding tert-OH is 1. The normalized spacial score (nSPS) is 12.2. The summed E-state index contributed by atoms with van der Waals surface area (Å²) < 4.78 is 0. The van der Waals surface area contributed by atoms with Crippen LogP contribution >= 0.6 is 0 Å². The van der Waals surface area contributed by atoms with Gasteiger partial charge in [0.2, 0.25) is 5.91 Å². The Balaban J connectivity index is 2.56. The molecule has 88 valence electrons. The molecule has 0 aliphatic carbocycles. The zero-order valence-electron chi connectivity index (χ0n) is 10.1. The molecule has 16 heavy (non-hydrogen) atoms. The van der Waals surface area contributed by atoms with Crippen LogP contribution in [0.3, 0.4) is 0 Å². The van der Waals surface area contributed by atoms with Crippen molar-refractivity contribution in [2.24, 2.45) is 0 Å². The van der Waals surface area contributed by atoms with Gasteiger partial charge in [-0.05, 0) is 24.5 Å². The largest absolute Gasteiger partial charge is 0.388 e. The number of aliphatic hydroxyl groups is 1. The first-order valence-corrected chi connectivity index (χ1v) is 5.47. The lowest BCUT2D eigenvalue weighted by molar-refractivity contribution is -0.127.